The zero-order chi connectivity index (χ0) is 16.5. The van der Waals surface area contributed by atoms with Gasteiger partial charge in [-0.3, -0.25) is 4.79 Å². The molecule has 2 aliphatic heterocycles. The van der Waals surface area contributed by atoms with E-state index in [1.807, 2.05) is 25.1 Å². The van der Waals surface area contributed by atoms with Gasteiger partial charge in [-0.15, -0.1) is 0 Å². The van der Waals surface area contributed by atoms with Gasteiger partial charge in [-0.2, -0.15) is 0 Å². The van der Waals surface area contributed by atoms with E-state index in [2.05, 4.69) is 21.1 Å². The van der Waals surface area contributed by atoms with E-state index in [0.29, 0.717) is 12.8 Å². The lowest BCUT2D eigenvalue weighted by atomic mass is 10.1. The van der Waals surface area contributed by atoms with E-state index < -0.39 is 0 Å². The molecule has 0 unspecified atom stereocenters. The maximum atomic E-state index is 12.2. The zero-order valence-corrected chi connectivity index (χ0v) is 13.7. The number of carbonyl (C=O) groups excluding carboxylic acids is 1. The first-order valence-electron chi connectivity index (χ1n) is 8.38. The maximum Gasteiger partial charge on any atom is 0.231 e. The summed E-state index contributed by atoms with van der Waals surface area (Å²) >= 11 is 0. The third-order valence-electron chi connectivity index (χ3n) is 4.56. The smallest absolute Gasteiger partial charge is 0.231 e. The SMILES string of the molecule is Cc1cn2c(n1)CC[C@@H](NC(=O)CCc1ccc3c(c1)OCO3)C2. The molecule has 0 radical (unpaired) electrons. The average Bonchev–Trinajstić information content (AvgIpc) is 3.17. The van der Waals surface area contributed by atoms with Gasteiger partial charge < -0.3 is 19.4 Å². The molecule has 1 aromatic heterocycles. The molecule has 1 atom stereocenters. The number of fused-ring (bicyclic) bond motifs is 2. The Morgan fingerprint density at radius 3 is 3.17 bits per heavy atom. The summed E-state index contributed by atoms with van der Waals surface area (Å²) in [6, 6.07) is 6.04. The van der Waals surface area contributed by atoms with Crippen molar-refractivity contribution in [1.82, 2.24) is 14.9 Å². The monoisotopic (exact) mass is 327 g/mol. The number of hydrogen-bond acceptors (Lipinski definition) is 4. The third kappa shape index (κ3) is 3.09. The van der Waals surface area contributed by atoms with Crippen molar-refractivity contribution in [3.63, 3.8) is 0 Å². The van der Waals surface area contributed by atoms with Crippen LogP contribution in [0.5, 0.6) is 11.5 Å². The Hall–Kier alpha value is -2.50. The van der Waals surface area contributed by atoms with Gasteiger partial charge in [-0.1, -0.05) is 6.07 Å². The van der Waals surface area contributed by atoms with E-state index in [1.165, 1.54) is 0 Å². The quantitative estimate of drug-likeness (QED) is 0.932. The van der Waals surface area contributed by atoms with Crippen LogP contribution in [0.2, 0.25) is 0 Å². The molecule has 0 saturated carbocycles. The van der Waals surface area contributed by atoms with Crippen LogP contribution in [-0.2, 0) is 24.2 Å². The molecule has 24 heavy (non-hydrogen) atoms. The number of carbonyl (C=O) groups is 1. The lowest BCUT2D eigenvalue weighted by molar-refractivity contribution is -0.122. The Bertz CT molecular complexity index is 769. The van der Waals surface area contributed by atoms with E-state index in [-0.39, 0.29) is 18.7 Å². The number of hydrogen-bond donors (Lipinski definition) is 1. The molecule has 1 N–H and O–H groups in total. The Labute approximate surface area is 140 Å². The second kappa shape index (κ2) is 6.19. The zero-order valence-electron chi connectivity index (χ0n) is 13.7. The molecular weight excluding hydrogens is 306 g/mol. The fraction of sp³-hybridized carbons (Fsp3) is 0.444. The molecule has 2 aliphatic rings. The number of ether oxygens (including phenoxy) is 2. The summed E-state index contributed by atoms with van der Waals surface area (Å²) in [4.78, 5) is 16.7. The van der Waals surface area contributed by atoms with Crippen molar-refractivity contribution in [2.75, 3.05) is 6.79 Å². The minimum absolute atomic E-state index is 0.0953. The van der Waals surface area contributed by atoms with E-state index in [4.69, 9.17) is 9.47 Å². The van der Waals surface area contributed by atoms with Gasteiger partial charge in [0, 0.05) is 31.6 Å². The highest BCUT2D eigenvalue weighted by Crippen LogP contribution is 2.32. The van der Waals surface area contributed by atoms with E-state index >= 15 is 0 Å². The van der Waals surface area contributed by atoms with E-state index in [0.717, 1.165) is 48.0 Å². The Morgan fingerprint density at radius 2 is 2.25 bits per heavy atom. The van der Waals surface area contributed by atoms with Crippen molar-refractivity contribution in [3.05, 3.63) is 41.5 Å². The molecule has 126 valence electrons. The van der Waals surface area contributed by atoms with Gasteiger partial charge in [0.1, 0.15) is 5.82 Å². The molecule has 0 bridgehead atoms. The summed E-state index contributed by atoms with van der Waals surface area (Å²) in [5, 5.41) is 3.15. The predicted octanol–water partition coefficient (Wildman–Crippen LogP) is 1.98. The van der Waals surface area contributed by atoms with Crippen LogP contribution in [0.15, 0.2) is 24.4 Å². The number of amides is 1. The number of imidazole rings is 1. The van der Waals surface area contributed by atoms with Crippen LogP contribution in [0.1, 0.15) is 29.9 Å². The molecule has 1 aromatic carbocycles. The van der Waals surface area contributed by atoms with Gasteiger partial charge in [0.25, 0.3) is 0 Å². The van der Waals surface area contributed by atoms with Crippen LogP contribution >= 0.6 is 0 Å². The number of aryl methyl sites for hydroxylation is 3. The van der Waals surface area contributed by atoms with Crippen LogP contribution in [0.4, 0.5) is 0 Å². The number of rotatable bonds is 4. The topological polar surface area (TPSA) is 65.4 Å². The Kier molecular flexibility index (Phi) is 3.88. The molecule has 4 rings (SSSR count). The van der Waals surface area contributed by atoms with Crippen LogP contribution < -0.4 is 14.8 Å². The Balaban J connectivity index is 1.29. The molecule has 0 saturated heterocycles. The number of nitrogens with zero attached hydrogens (tertiary/aromatic N) is 2. The van der Waals surface area contributed by atoms with Gasteiger partial charge in [-0.05, 0) is 37.5 Å². The van der Waals surface area contributed by atoms with E-state index in [1.54, 1.807) is 0 Å². The first kappa shape index (κ1) is 15.1. The third-order valence-corrected chi connectivity index (χ3v) is 4.56. The van der Waals surface area contributed by atoms with Crippen molar-refractivity contribution in [1.29, 1.82) is 0 Å². The summed E-state index contributed by atoms with van der Waals surface area (Å²) in [5.74, 6) is 2.76. The summed E-state index contributed by atoms with van der Waals surface area (Å²) in [5.41, 5.74) is 2.13. The van der Waals surface area contributed by atoms with Crippen molar-refractivity contribution in [2.45, 2.75) is 45.2 Å². The van der Waals surface area contributed by atoms with E-state index in [9.17, 15) is 4.79 Å². The summed E-state index contributed by atoms with van der Waals surface area (Å²) < 4.78 is 12.8. The maximum absolute atomic E-state index is 12.2. The van der Waals surface area contributed by atoms with Crippen molar-refractivity contribution in [2.24, 2.45) is 0 Å². The van der Waals surface area contributed by atoms with Gasteiger partial charge in [0.05, 0.1) is 5.69 Å². The highest BCUT2D eigenvalue weighted by Gasteiger charge is 2.21. The van der Waals surface area contributed by atoms with Crippen LogP contribution in [0, 0.1) is 6.92 Å². The van der Waals surface area contributed by atoms with Crippen molar-refractivity contribution >= 4 is 5.91 Å². The molecule has 2 aromatic rings. The normalized spacial score (nSPS) is 18.3. The molecule has 1 amide bonds. The second-order valence-electron chi connectivity index (χ2n) is 6.44. The minimum Gasteiger partial charge on any atom is -0.454 e. The van der Waals surface area contributed by atoms with Crippen LogP contribution in [0.3, 0.4) is 0 Å². The fourth-order valence-electron chi connectivity index (χ4n) is 3.36. The largest absolute Gasteiger partial charge is 0.454 e. The summed E-state index contributed by atoms with van der Waals surface area (Å²) in [7, 11) is 0. The second-order valence-corrected chi connectivity index (χ2v) is 6.44. The predicted molar refractivity (Wildman–Crippen MR) is 88.1 cm³/mol. The van der Waals surface area contributed by atoms with Crippen molar-refractivity contribution < 1.29 is 14.3 Å². The molecule has 0 spiro atoms. The van der Waals surface area contributed by atoms with Gasteiger partial charge in [-0.25, -0.2) is 4.98 Å². The van der Waals surface area contributed by atoms with Crippen LogP contribution in [0.25, 0.3) is 0 Å². The summed E-state index contributed by atoms with van der Waals surface area (Å²) in [6.07, 6.45) is 5.10. The van der Waals surface area contributed by atoms with Gasteiger partial charge in [0.2, 0.25) is 12.7 Å². The minimum atomic E-state index is 0.0953. The van der Waals surface area contributed by atoms with Crippen LogP contribution in [-0.4, -0.2) is 28.3 Å². The summed E-state index contributed by atoms with van der Waals surface area (Å²) in [6.45, 7) is 3.09. The first-order valence-corrected chi connectivity index (χ1v) is 8.38. The molecule has 0 aliphatic carbocycles. The number of benzene rings is 1. The van der Waals surface area contributed by atoms with Gasteiger partial charge >= 0.3 is 0 Å². The number of aromatic nitrogens is 2. The average molecular weight is 327 g/mol. The molecule has 6 nitrogen and oxygen atoms in total. The highest BCUT2D eigenvalue weighted by atomic mass is 16.7. The fourth-order valence-corrected chi connectivity index (χ4v) is 3.36. The van der Waals surface area contributed by atoms with Gasteiger partial charge in [0.15, 0.2) is 11.5 Å². The lowest BCUT2D eigenvalue weighted by Crippen LogP contribution is -2.40. The molecular formula is C18H21N3O3. The first-order chi connectivity index (χ1) is 11.7. The molecule has 3 heterocycles. The molecule has 6 heteroatoms. The Morgan fingerprint density at radius 1 is 1.38 bits per heavy atom. The van der Waals surface area contributed by atoms with Crippen molar-refractivity contribution in [3.8, 4) is 11.5 Å². The molecule has 0 fully saturated rings. The highest BCUT2D eigenvalue weighted by molar-refractivity contribution is 5.76. The lowest BCUT2D eigenvalue weighted by Gasteiger charge is -2.24. The standard InChI is InChI=1S/C18H21N3O3/c1-12-9-21-10-14(4-6-17(21)19-12)20-18(22)7-3-13-2-5-15-16(8-13)24-11-23-15/h2,5,8-9,14H,3-4,6-7,10-11H2,1H3,(H,20,22)/t14-/m1/s1. The number of nitrogens with one attached hydrogen (secondary N) is 1.